The molecule has 2 N–H and O–H groups in total. The Morgan fingerprint density at radius 3 is 2.60 bits per heavy atom. The highest BCUT2D eigenvalue weighted by atomic mass is 32.2. The van der Waals surface area contributed by atoms with Crippen molar-refractivity contribution in [1.29, 1.82) is 0 Å². The summed E-state index contributed by atoms with van der Waals surface area (Å²) in [5.74, 6) is -0.569. The molecule has 1 atom stereocenters. The number of ether oxygens (including phenoxy) is 1. The number of amides is 1. The molecule has 0 aliphatic rings. The lowest BCUT2D eigenvalue weighted by molar-refractivity contribution is -0.141. The largest absolute Gasteiger partial charge is 0.497 e. The third-order valence-corrected chi connectivity index (χ3v) is 4.91. The van der Waals surface area contributed by atoms with Crippen molar-refractivity contribution in [3.8, 4) is 5.75 Å². The van der Waals surface area contributed by atoms with Gasteiger partial charge >= 0.3 is 5.97 Å². The molecule has 0 heterocycles. The Bertz CT molecular complexity index is 776. The summed E-state index contributed by atoms with van der Waals surface area (Å²) >= 11 is 1.33. The third kappa shape index (κ3) is 5.00. The molecular weight excluding hydrogens is 338 g/mol. The molecule has 0 saturated carbocycles. The van der Waals surface area contributed by atoms with E-state index in [9.17, 15) is 14.7 Å². The summed E-state index contributed by atoms with van der Waals surface area (Å²) < 4.78 is 5.15. The maximum atomic E-state index is 12.2. The van der Waals surface area contributed by atoms with Gasteiger partial charge in [-0.3, -0.25) is 4.79 Å². The Balaban J connectivity index is 2.05. The summed E-state index contributed by atoms with van der Waals surface area (Å²) in [4.78, 5) is 24.7. The normalized spacial score (nSPS) is 11.6. The molecule has 0 bridgehead atoms. The minimum atomic E-state index is -1.08. The van der Waals surface area contributed by atoms with E-state index in [0.717, 1.165) is 16.0 Å². The minimum absolute atomic E-state index is 0.127. The summed E-state index contributed by atoms with van der Waals surface area (Å²) in [6, 6.07) is 11.8. The molecule has 0 fully saturated rings. The number of thioether (sulfide) groups is 1. The average molecular weight is 359 g/mol. The number of aliphatic carboxylic acids is 1. The number of carboxylic acids is 1. The molecule has 0 aliphatic heterocycles. The van der Waals surface area contributed by atoms with Gasteiger partial charge in [0.05, 0.1) is 12.9 Å². The summed E-state index contributed by atoms with van der Waals surface area (Å²) in [5, 5.41) is 12.1. The van der Waals surface area contributed by atoms with E-state index in [0.29, 0.717) is 11.3 Å². The van der Waals surface area contributed by atoms with Gasteiger partial charge in [-0.15, -0.1) is 11.8 Å². The van der Waals surface area contributed by atoms with Gasteiger partial charge in [0.25, 0.3) is 0 Å². The monoisotopic (exact) mass is 359 g/mol. The maximum Gasteiger partial charge on any atom is 0.330 e. The van der Waals surface area contributed by atoms with E-state index in [4.69, 9.17) is 4.74 Å². The van der Waals surface area contributed by atoms with Gasteiger partial charge in [-0.2, -0.15) is 0 Å². The number of methoxy groups -OCH3 is 1. The van der Waals surface area contributed by atoms with Crippen molar-refractivity contribution in [1.82, 2.24) is 5.32 Å². The predicted molar refractivity (Wildman–Crippen MR) is 98.2 cm³/mol. The van der Waals surface area contributed by atoms with Crippen LogP contribution in [0, 0.1) is 13.8 Å². The van der Waals surface area contributed by atoms with Crippen LogP contribution in [-0.4, -0.2) is 29.8 Å². The average Bonchev–Trinajstić information content (AvgIpc) is 2.60. The highest BCUT2D eigenvalue weighted by molar-refractivity contribution is 8.00. The Kier molecular flexibility index (Phi) is 6.47. The number of carbonyl (C=O) groups excluding carboxylic acids is 1. The molecular formula is C19H21NO4S. The van der Waals surface area contributed by atoms with Gasteiger partial charge in [-0.25, -0.2) is 4.79 Å². The van der Waals surface area contributed by atoms with Crippen LogP contribution >= 0.6 is 11.8 Å². The Morgan fingerprint density at radius 1 is 1.20 bits per heavy atom. The van der Waals surface area contributed by atoms with E-state index in [2.05, 4.69) is 5.32 Å². The number of carboxylic acid groups (broad SMARTS) is 1. The van der Waals surface area contributed by atoms with E-state index in [1.165, 1.54) is 11.8 Å². The van der Waals surface area contributed by atoms with E-state index in [1.807, 2.05) is 44.2 Å². The van der Waals surface area contributed by atoms with Gasteiger partial charge in [-0.05, 0) is 48.7 Å². The molecule has 0 aromatic heterocycles. The standard InChI is InChI=1S/C19H21NO4S/c1-12-6-4-9-16(13(12)2)18(19(22)23)20-17(21)11-25-15-8-5-7-14(10-15)24-3/h4-10,18H,11H2,1-3H3,(H,20,21)(H,22,23). The van der Waals surface area contributed by atoms with Gasteiger partial charge in [0.2, 0.25) is 5.91 Å². The lowest BCUT2D eigenvalue weighted by Gasteiger charge is -2.18. The van der Waals surface area contributed by atoms with Crippen molar-refractivity contribution >= 4 is 23.6 Å². The van der Waals surface area contributed by atoms with Crippen LogP contribution in [-0.2, 0) is 9.59 Å². The number of aryl methyl sites for hydroxylation is 1. The highest BCUT2D eigenvalue weighted by Gasteiger charge is 2.24. The second kappa shape index (κ2) is 8.58. The van der Waals surface area contributed by atoms with Crippen molar-refractivity contribution in [3.63, 3.8) is 0 Å². The molecule has 6 heteroatoms. The second-order valence-electron chi connectivity index (χ2n) is 5.60. The van der Waals surface area contributed by atoms with Crippen molar-refractivity contribution < 1.29 is 19.4 Å². The molecule has 5 nitrogen and oxygen atoms in total. The first-order chi connectivity index (χ1) is 11.9. The smallest absolute Gasteiger partial charge is 0.330 e. The fourth-order valence-electron chi connectivity index (χ4n) is 2.40. The van der Waals surface area contributed by atoms with Crippen molar-refractivity contribution in [3.05, 3.63) is 59.2 Å². The zero-order valence-electron chi connectivity index (χ0n) is 14.4. The lowest BCUT2D eigenvalue weighted by atomic mass is 9.97. The molecule has 2 rings (SSSR count). The van der Waals surface area contributed by atoms with Crippen LogP contribution in [0.15, 0.2) is 47.4 Å². The topological polar surface area (TPSA) is 75.6 Å². The van der Waals surface area contributed by atoms with Gasteiger partial charge in [-0.1, -0.05) is 24.3 Å². The SMILES string of the molecule is COc1cccc(SCC(=O)NC(C(=O)O)c2cccc(C)c2C)c1. The number of carbonyl (C=O) groups is 2. The molecule has 1 unspecified atom stereocenters. The number of rotatable bonds is 7. The van der Waals surface area contributed by atoms with E-state index < -0.39 is 12.0 Å². The quantitative estimate of drug-likeness (QED) is 0.742. The molecule has 2 aromatic rings. The Labute approximate surface area is 151 Å². The zero-order valence-corrected chi connectivity index (χ0v) is 15.2. The van der Waals surface area contributed by atoms with Crippen molar-refractivity contribution in [2.24, 2.45) is 0 Å². The van der Waals surface area contributed by atoms with Crippen LogP contribution in [0.4, 0.5) is 0 Å². The van der Waals surface area contributed by atoms with Crippen LogP contribution < -0.4 is 10.1 Å². The summed E-state index contributed by atoms with van der Waals surface area (Å²) in [7, 11) is 1.58. The third-order valence-electron chi connectivity index (χ3n) is 3.92. The number of hydrogen-bond acceptors (Lipinski definition) is 4. The lowest BCUT2D eigenvalue weighted by Crippen LogP contribution is -2.35. The van der Waals surface area contributed by atoms with Crippen molar-refractivity contribution in [2.75, 3.05) is 12.9 Å². The number of hydrogen-bond donors (Lipinski definition) is 2. The van der Waals surface area contributed by atoms with E-state index >= 15 is 0 Å². The fraction of sp³-hybridized carbons (Fsp3) is 0.263. The highest BCUT2D eigenvalue weighted by Crippen LogP contribution is 2.24. The molecule has 25 heavy (non-hydrogen) atoms. The maximum absolute atomic E-state index is 12.2. The van der Waals surface area contributed by atoms with Gasteiger partial charge in [0.1, 0.15) is 5.75 Å². The fourth-order valence-corrected chi connectivity index (χ4v) is 3.16. The van der Waals surface area contributed by atoms with Crippen LogP contribution in [0.1, 0.15) is 22.7 Å². The van der Waals surface area contributed by atoms with E-state index in [1.54, 1.807) is 19.2 Å². The molecule has 0 spiro atoms. The van der Waals surface area contributed by atoms with Gasteiger partial charge in [0, 0.05) is 4.90 Å². The van der Waals surface area contributed by atoms with Crippen LogP contribution in [0.5, 0.6) is 5.75 Å². The summed E-state index contributed by atoms with van der Waals surface area (Å²) in [6.45, 7) is 3.77. The molecule has 0 aliphatic carbocycles. The van der Waals surface area contributed by atoms with Crippen LogP contribution in [0.3, 0.4) is 0 Å². The predicted octanol–water partition coefficient (Wildman–Crippen LogP) is 3.35. The molecule has 0 radical (unpaired) electrons. The van der Waals surface area contributed by atoms with E-state index in [-0.39, 0.29) is 11.7 Å². The van der Waals surface area contributed by atoms with Crippen LogP contribution in [0.2, 0.25) is 0 Å². The first-order valence-corrected chi connectivity index (χ1v) is 8.76. The molecule has 0 saturated heterocycles. The summed E-state index contributed by atoms with van der Waals surface area (Å²) in [6.07, 6.45) is 0. The first kappa shape index (κ1) is 18.9. The van der Waals surface area contributed by atoms with Gasteiger partial charge < -0.3 is 15.2 Å². The zero-order chi connectivity index (χ0) is 18.4. The molecule has 2 aromatic carbocycles. The van der Waals surface area contributed by atoms with Crippen LogP contribution in [0.25, 0.3) is 0 Å². The first-order valence-electron chi connectivity index (χ1n) is 7.77. The molecule has 132 valence electrons. The minimum Gasteiger partial charge on any atom is -0.497 e. The van der Waals surface area contributed by atoms with Gasteiger partial charge in [0.15, 0.2) is 6.04 Å². The second-order valence-corrected chi connectivity index (χ2v) is 6.64. The molecule has 1 amide bonds. The Morgan fingerprint density at radius 2 is 1.92 bits per heavy atom. The Hall–Kier alpha value is -2.47. The number of benzene rings is 2. The summed E-state index contributed by atoms with van der Waals surface area (Å²) in [5.41, 5.74) is 2.46. The van der Waals surface area contributed by atoms with Crippen molar-refractivity contribution in [2.45, 2.75) is 24.8 Å². The number of nitrogens with one attached hydrogen (secondary N) is 1.